The van der Waals surface area contributed by atoms with Crippen LogP contribution >= 0.6 is 0 Å². The van der Waals surface area contributed by atoms with Crippen molar-refractivity contribution in [1.29, 1.82) is 5.26 Å². The first-order valence-corrected chi connectivity index (χ1v) is 9.20. The van der Waals surface area contributed by atoms with Crippen LogP contribution in [-0.2, 0) is 6.54 Å². The summed E-state index contributed by atoms with van der Waals surface area (Å²) < 4.78 is 0. The lowest BCUT2D eigenvalue weighted by atomic mass is 10.0. The molecule has 2 heterocycles. The van der Waals surface area contributed by atoms with Crippen LogP contribution in [0.15, 0.2) is 53.3 Å². The lowest BCUT2D eigenvalue weighted by Gasteiger charge is -2.32. The fourth-order valence-corrected chi connectivity index (χ4v) is 3.60. The van der Waals surface area contributed by atoms with Gasteiger partial charge in [0.1, 0.15) is 0 Å². The van der Waals surface area contributed by atoms with Crippen molar-refractivity contribution in [2.75, 3.05) is 33.2 Å². The van der Waals surface area contributed by atoms with Crippen LogP contribution in [0.5, 0.6) is 0 Å². The first kappa shape index (κ1) is 17.5. The Morgan fingerprint density at radius 2 is 1.78 bits per heavy atom. The summed E-state index contributed by atoms with van der Waals surface area (Å²) in [6.07, 6.45) is 0. The molecule has 0 aliphatic carbocycles. The van der Waals surface area contributed by atoms with Crippen molar-refractivity contribution >= 4 is 10.8 Å². The molecule has 27 heavy (non-hydrogen) atoms. The second kappa shape index (κ2) is 7.36. The predicted octanol–water partition coefficient (Wildman–Crippen LogP) is 2.81. The number of pyridine rings is 1. The molecule has 0 unspecified atom stereocenters. The Hall–Kier alpha value is -2.94. The highest BCUT2D eigenvalue weighted by molar-refractivity contribution is 5.89. The van der Waals surface area contributed by atoms with Crippen LogP contribution in [-0.4, -0.2) is 48.0 Å². The lowest BCUT2D eigenvalue weighted by molar-refractivity contribution is 0.148. The van der Waals surface area contributed by atoms with E-state index < -0.39 is 0 Å². The Balaban J connectivity index is 1.60. The van der Waals surface area contributed by atoms with Crippen molar-refractivity contribution < 1.29 is 0 Å². The Kier molecular flexibility index (Phi) is 4.76. The molecule has 5 heteroatoms. The minimum Gasteiger partial charge on any atom is -0.321 e. The maximum absolute atomic E-state index is 12.4. The van der Waals surface area contributed by atoms with Crippen molar-refractivity contribution in [3.63, 3.8) is 0 Å². The van der Waals surface area contributed by atoms with Gasteiger partial charge in [0.2, 0.25) is 0 Å². The van der Waals surface area contributed by atoms with Crippen LogP contribution in [0.25, 0.3) is 22.0 Å². The number of H-pyrrole nitrogens is 1. The number of piperazine rings is 1. The third kappa shape index (κ3) is 3.63. The predicted molar refractivity (Wildman–Crippen MR) is 107 cm³/mol. The zero-order chi connectivity index (χ0) is 18.8. The van der Waals surface area contributed by atoms with Gasteiger partial charge in [-0.2, -0.15) is 5.26 Å². The number of hydrogen-bond donors (Lipinski definition) is 1. The van der Waals surface area contributed by atoms with Gasteiger partial charge in [0, 0.05) is 49.2 Å². The van der Waals surface area contributed by atoms with Crippen LogP contribution in [0.3, 0.4) is 0 Å². The number of nitriles is 1. The van der Waals surface area contributed by atoms with Gasteiger partial charge < -0.3 is 9.88 Å². The van der Waals surface area contributed by atoms with Gasteiger partial charge in [-0.15, -0.1) is 0 Å². The van der Waals surface area contributed by atoms with E-state index in [0.717, 1.165) is 44.0 Å². The second-order valence-corrected chi connectivity index (χ2v) is 7.17. The topological polar surface area (TPSA) is 63.1 Å². The van der Waals surface area contributed by atoms with Crippen molar-refractivity contribution in [2.24, 2.45) is 0 Å². The van der Waals surface area contributed by atoms with E-state index in [1.807, 2.05) is 18.2 Å². The zero-order valence-corrected chi connectivity index (χ0v) is 15.4. The van der Waals surface area contributed by atoms with Crippen LogP contribution in [0.1, 0.15) is 11.1 Å². The molecule has 136 valence electrons. The minimum atomic E-state index is -0.166. The number of hydrogen-bond acceptors (Lipinski definition) is 4. The fraction of sp³-hybridized carbons (Fsp3) is 0.273. The van der Waals surface area contributed by atoms with Crippen molar-refractivity contribution in [2.45, 2.75) is 6.54 Å². The molecule has 0 spiro atoms. The molecule has 1 aliphatic heterocycles. The maximum Gasteiger partial charge on any atom is 0.256 e. The molecule has 1 aromatic heterocycles. The molecule has 0 radical (unpaired) electrons. The molecule has 1 fully saturated rings. The van der Waals surface area contributed by atoms with E-state index in [2.05, 4.69) is 40.0 Å². The largest absolute Gasteiger partial charge is 0.321 e. The summed E-state index contributed by atoms with van der Waals surface area (Å²) in [4.78, 5) is 20.2. The summed E-state index contributed by atoms with van der Waals surface area (Å²) in [5, 5.41) is 10.6. The van der Waals surface area contributed by atoms with E-state index in [9.17, 15) is 10.1 Å². The molecule has 0 saturated carbocycles. The highest BCUT2D eigenvalue weighted by Crippen LogP contribution is 2.23. The summed E-state index contributed by atoms with van der Waals surface area (Å²) in [5.74, 6) is 0. The molecule has 3 aromatic rings. The second-order valence-electron chi connectivity index (χ2n) is 7.17. The molecule has 1 aliphatic rings. The molecule has 1 N–H and O–H groups in total. The Bertz CT molecular complexity index is 1050. The summed E-state index contributed by atoms with van der Waals surface area (Å²) in [7, 11) is 2.16. The Labute approximate surface area is 158 Å². The number of likely N-dealkylation sites (N-methyl/N-ethyl adjacent to an activating group) is 1. The van der Waals surface area contributed by atoms with Crippen LogP contribution < -0.4 is 5.56 Å². The van der Waals surface area contributed by atoms with Gasteiger partial charge in [-0.1, -0.05) is 30.3 Å². The van der Waals surface area contributed by atoms with Crippen molar-refractivity contribution in [3.8, 4) is 17.3 Å². The highest BCUT2D eigenvalue weighted by atomic mass is 16.1. The van der Waals surface area contributed by atoms with Gasteiger partial charge in [-0.3, -0.25) is 9.69 Å². The number of benzene rings is 2. The minimum absolute atomic E-state index is 0.166. The van der Waals surface area contributed by atoms with Crippen LogP contribution in [0, 0.1) is 11.3 Å². The Morgan fingerprint density at radius 1 is 1.04 bits per heavy atom. The highest BCUT2D eigenvalue weighted by Gasteiger charge is 2.14. The standard InChI is InChI=1S/C22H22N4O/c1-25-9-11-26(12-10-25)15-16-5-7-17(8-6-16)21-13-20-18(14-23)3-2-4-19(20)22(27)24-21/h2-8,13H,9-12,15H2,1H3,(H,24,27). The summed E-state index contributed by atoms with van der Waals surface area (Å²) >= 11 is 0. The molecule has 5 nitrogen and oxygen atoms in total. The van der Waals surface area contributed by atoms with Gasteiger partial charge in [-0.05, 0) is 36.4 Å². The van der Waals surface area contributed by atoms with Gasteiger partial charge in [-0.25, -0.2) is 0 Å². The van der Waals surface area contributed by atoms with Crippen molar-refractivity contribution in [3.05, 3.63) is 70.0 Å². The van der Waals surface area contributed by atoms with E-state index in [1.54, 1.807) is 18.2 Å². The van der Waals surface area contributed by atoms with Crippen LogP contribution in [0.4, 0.5) is 0 Å². The van der Waals surface area contributed by atoms with E-state index in [0.29, 0.717) is 16.3 Å². The van der Waals surface area contributed by atoms with Gasteiger partial charge >= 0.3 is 0 Å². The Morgan fingerprint density at radius 3 is 2.48 bits per heavy atom. The summed E-state index contributed by atoms with van der Waals surface area (Å²) in [6, 6.07) is 17.6. The number of aromatic amines is 1. The zero-order valence-electron chi connectivity index (χ0n) is 15.4. The first-order valence-electron chi connectivity index (χ1n) is 9.20. The van der Waals surface area contributed by atoms with E-state index in [4.69, 9.17) is 0 Å². The maximum atomic E-state index is 12.4. The van der Waals surface area contributed by atoms with Gasteiger partial charge in [0.15, 0.2) is 0 Å². The summed E-state index contributed by atoms with van der Waals surface area (Å²) in [6.45, 7) is 5.34. The third-order valence-corrected chi connectivity index (χ3v) is 5.28. The smallest absolute Gasteiger partial charge is 0.256 e. The number of aromatic nitrogens is 1. The monoisotopic (exact) mass is 358 g/mol. The van der Waals surface area contributed by atoms with E-state index in [-0.39, 0.29) is 5.56 Å². The average Bonchev–Trinajstić information content (AvgIpc) is 2.70. The molecule has 0 atom stereocenters. The van der Waals surface area contributed by atoms with E-state index >= 15 is 0 Å². The quantitative estimate of drug-likeness (QED) is 0.782. The fourth-order valence-electron chi connectivity index (χ4n) is 3.60. The van der Waals surface area contributed by atoms with E-state index in [1.165, 1.54) is 5.56 Å². The normalized spacial score (nSPS) is 15.7. The molecule has 1 saturated heterocycles. The third-order valence-electron chi connectivity index (χ3n) is 5.28. The number of fused-ring (bicyclic) bond motifs is 1. The molecule has 0 bridgehead atoms. The number of nitrogens with zero attached hydrogens (tertiary/aromatic N) is 3. The molecular weight excluding hydrogens is 336 g/mol. The van der Waals surface area contributed by atoms with Crippen LogP contribution in [0.2, 0.25) is 0 Å². The van der Waals surface area contributed by atoms with Gasteiger partial charge in [0.05, 0.1) is 11.6 Å². The molecule has 4 rings (SSSR count). The van der Waals surface area contributed by atoms with Gasteiger partial charge in [0.25, 0.3) is 5.56 Å². The lowest BCUT2D eigenvalue weighted by Crippen LogP contribution is -2.43. The molecular formula is C22H22N4O. The average molecular weight is 358 g/mol. The molecule has 0 amide bonds. The number of rotatable bonds is 3. The van der Waals surface area contributed by atoms with Crippen molar-refractivity contribution in [1.82, 2.24) is 14.8 Å². The SMILES string of the molecule is CN1CCN(Cc2ccc(-c3cc4c(C#N)cccc4c(=O)[nH]3)cc2)CC1. The first-order chi connectivity index (χ1) is 13.1. The number of nitrogens with one attached hydrogen (secondary N) is 1. The summed E-state index contributed by atoms with van der Waals surface area (Å²) in [5.41, 5.74) is 3.31. The molecule has 2 aromatic carbocycles.